The van der Waals surface area contributed by atoms with E-state index in [2.05, 4.69) is 11.4 Å². The van der Waals surface area contributed by atoms with Crippen LogP contribution in [0.1, 0.15) is 24.5 Å². The minimum atomic E-state index is 0. The summed E-state index contributed by atoms with van der Waals surface area (Å²) >= 11 is 5.90. The number of hydrogen-bond donors (Lipinski definition) is 1. The van der Waals surface area contributed by atoms with Gasteiger partial charge in [0.1, 0.15) is 6.61 Å². The molecule has 0 unspecified atom stereocenters. The van der Waals surface area contributed by atoms with Crippen LogP contribution < -0.4 is 14.8 Å². The topological polar surface area (TPSA) is 39.7 Å². The van der Waals surface area contributed by atoms with Crippen molar-refractivity contribution in [3.63, 3.8) is 0 Å². The fourth-order valence-electron chi connectivity index (χ4n) is 2.36. The van der Waals surface area contributed by atoms with Crippen LogP contribution in [0.15, 0.2) is 42.5 Å². The number of benzene rings is 2. The first-order valence-corrected chi connectivity index (χ1v) is 8.93. The Morgan fingerprint density at radius 3 is 2.42 bits per heavy atom. The molecule has 0 fully saturated rings. The van der Waals surface area contributed by atoms with Crippen molar-refractivity contribution in [2.24, 2.45) is 0 Å². The molecule has 0 saturated carbocycles. The van der Waals surface area contributed by atoms with Gasteiger partial charge in [-0.05, 0) is 55.3 Å². The Morgan fingerprint density at radius 2 is 1.73 bits per heavy atom. The first-order valence-electron chi connectivity index (χ1n) is 8.55. The van der Waals surface area contributed by atoms with E-state index in [0.29, 0.717) is 6.61 Å². The van der Waals surface area contributed by atoms with E-state index in [1.54, 1.807) is 7.11 Å². The lowest BCUT2D eigenvalue weighted by molar-refractivity contribution is 0.144. The number of nitrogens with one attached hydrogen (secondary N) is 1. The summed E-state index contributed by atoms with van der Waals surface area (Å²) in [5.74, 6) is 1.47. The number of halogens is 2. The second-order valence-corrected chi connectivity index (χ2v) is 6.06. The van der Waals surface area contributed by atoms with E-state index in [0.717, 1.165) is 60.4 Å². The fourth-order valence-corrected chi connectivity index (χ4v) is 2.49. The van der Waals surface area contributed by atoms with Gasteiger partial charge in [0.15, 0.2) is 11.5 Å². The summed E-state index contributed by atoms with van der Waals surface area (Å²) in [4.78, 5) is 0. The largest absolute Gasteiger partial charge is 0.493 e. The summed E-state index contributed by atoms with van der Waals surface area (Å²) < 4.78 is 16.7. The Bertz CT molecular complexity index is 635. The highest BCUT2D eigenvalue weighted by atomic mass is 35.5. The van der Waals surface area contributed by atoms with Gasteiger partial charge in [0, 0.05) is 24.8 Å². The van der Waals surface area contributed by atoms with Crippen molar-refractivity contribution in [1.82, 2.24) is 5.32 Å². The Hall–Kier alpha value is -1.46. The summed E-state index contributed by atoms with van der Waals surface area (Å²) in [5.41, 5.74) is 2.22. The average Bonchev–Trinajstić information content (AvgIpc) is 2.64. The van der Waals surface area contributed by atoms with E-state index in [1.807, 2.05) is 43.3 Å². The van der Waals surface area contributed by atoms with Gasteiger partial charge in [-0.15, -0.1) is 12.4 Å². The smallest absolute Gasteiger partial charge is 0.161 e. The molecule has 0 amide bonds. The number of methoxy groups -OCH3 is 1. The van der Waals surface area contributed by atoms with Crippen molar-refractivity contribution in [2.45, 2.75) is 26.5 Å². The third-order valence-corrected chi connectivity index (χ3v) is 3.96. The zero-order valence-electron chi connectivity index (χ0n) is 15.3. The average molecular weight is 400 g/mol. The first-order chi connectivity index (χ1) is 12.2. The summed E-state index contributed by atoms with van der Waals surface area (Å²) in [6.45, 7) is 5.77. The zero-order valence-corrected chi connectivity index (χ0v) is 16.9. The van der Waals surface area contributed by atoms with E-state index in [4.69, 9.17) is 25.8 Å². The molecule has 0 aliphatic rings. The van der Waals surface area contributed by atoms with E-state index in [-0.39, 0.29) is 12.4 Å². The molecule has 0 aliphatic heterocycles. The van der Waals surface area contributed by atoms with E-state index in [9.17, 15) is 0 Å². The molecule has 0 aromatic heterocycles. The van der Waals surface area contributed by atoms with Gasteiger partial charge in [0.2, 0.25) is 0 Å². The van der Waals surface area contributed by atoms with Gasteiger partial charge in [-0.1, -0.05) is 29.8 Å². The second-order valence-electron chi connectivity index (χ2n) is 5.63. The molecule has 0 spiro atoms. The zero-order chi connectivity index (χ0) is 17.9. The summed E-state index contributed by atoms with van der Waals surface area (Å²) in [5, 5.41) is 4.13. The molecule has 0 atom stereocenters. The molecule has 6 heteroatoms. The molecule has 144 valence electrons. The molecular formula is C20H27Cl2NO3. The van der Waals surface area contributed by atoms with Gasteiger partial charge in [-0.25, -0.2) is 0 Å². The van der Waals surface area contributed by atoms with Crippen molar-refractivity contribution in [2.75, 3.05) is 26.9 Å². The summed E-state index contributed by atoms with van der Waals surface area (Å²) in [6.07, 6.45) is 1.01. The minimum Gasteiger partial charge on any atom is -0.493 e. The number of ether oxygens (including phenoxy) is 3. The third kappa shape index (κ3) is 7.83. The maximum Gasteiger partial charge on any atom is 0.161 e. The highest BCUT2D eigenvalue weighted by Crippen LogP contribution is 2.29. The quantitative estimate of drug-likeness (QED) is 0.547. The van der Waals surface area contributed by atoms with Crippen LogP contribution in [0.3, 0.4) is 0 Å². The van der Waals surface area contributed by atoms with Crippen LogP contribution in [0.25, 0.3) is 0 Å². The van der Waals surface area contributed by atoms with Crippen LogP contribution in [0, 0.1) is 0 Å². The second kappa shape index (κ2) is 12.8. The van der Waals surface area contributed by atoms with Crippen molar-refractivity contribution in [3.8, 4) is 11.5 Å². The van der Waals surface area contributed by atoms with E-state index >= 15 is 0 Å². The highest BCUT2D eigenvalue weighted by Gasteiger charge is 2.06. The van der Waals surface area contributed by atoms with Crippen LogP contribution in [0.5, 0.6) is 11.5 Å². The third-order valence-electron chi connectivity index (χ3n) is 3.71. The van der Waals surface area contributed by atoms with Gasteiger partial charge in [-0.3, -0.25) is 0 Å². The molecule has 2 rings (SSSR count). The predicted octanol–water partition coefficient (Wildman–Crippen LogP) is 4.87. The fraction of sp³-hybridized carbons (Fsp3) is 0.400. The highest BCUT2D eigenvalue weighted by molar-refractivity contribution is 6.30. The van der Waals surface area contributed by atoms with Gasteiger partial charge in [0.25, 0.3) is 0 Å². The number of rotatable bonds is 11. The van der Waals surface area contributed by atoms with Crippen LogP contribution in [-0.2, 0) is 17.9 Å². The molecule has 0 radical (unpaired) electrons. The normalized spacial score (nSPS) is 10.3. The lowest BCUT2D eigenvalue weighted by atomic mass is 10.2. The van der Waals surface area contributed by atoms with E-state index < -0.39 is 0 Å². The van der Waals surface area contributed by atoms with Gasteiger partial charge >= 0.3 is 0 Å². The molecule has 0 aliphatic carbocycles. The summed E-state index contributed by atoms with van der Waals surface area (Å²) in [7, 11) is 1.66. The molecule has 2 aromatic carbocycles. The standard InChI is InChI=1S/C20H26ClNO3.ClH/c1-3-24-12-4-11-22-14-17-7-10-19(20(13-17)23-2)25-15-16-5-8-18(21)9-6-16;/h5-10,13,22H,3-4,11-12,14-15H2,1-2H3;1H. The lowest BCUT2D eigenvalue weighted by Crippen LogP contribution is -2.16. The van der Waals surface area contributed by atoms with Crippen molar-refractivity contribution < 1.29 is 14.2 Å². The van der Waals surface area contributed by atoms with Crippen LogP contribution in [-0.4, -0.2) is 26.9 Å². The van der Waals surface area contributed by atoms with Crippen molar-refractivity contribution >= 4 is 24.0 Å². The monoisotopic (exact) mass is 399 g/mol. The Balaban J connectivity index is 0.00000338. The lowest BCUT2D eigenvalue weighted by Gasteiger charge is -2.13. The molecule has 4 nitrogen and oxygen atoms in total. The number of hydrogen-bond acceptors (Lipinski definition) is 4. The SMILES string of the molecule is CCOCCCNCc1ccc(OCc2ccc(Cl)cc2)c(OC)c1.Cl. The van der Waals surface area contributed by atoms with Gasteiger partial charge in [0.05, 0.1) is 7.11 Å². The molecule has 2 aromatic rings. The van der Waals surface area contributed by atoms with Gasteiger partial charge in [-0.2, -0.15) is 0 Å². The van der Waals surface area contributed by atoms with Crippen LogP contribution in [0.2, 0.25) is 5.02 Å². The molecule has 1 N–H and O–H groups in total. The maximum absolute atomic E-state index is 5.90. The van der Waals surface area contributed by atoms with Crippen molar-refractivity contribution in [1.29, 1.82) is 0 Å². The first kappa shape index (κ1) is 22.6. The Morgan fingerprint density at radius 1 is 1.00 bits per heavy atom. The Kier molecular flexibility index (Phi) is 11.1. The minimum absolute atomic E-state index is 0. The predicted molar refractivity (Wildman–Crippen MR) is 109 cm³/mol. The van der Waals surface area contributed by atoms with Gasteiger partial charge < -0.3 is 19.5 Å². The Labute approximate surface area is 167 Å². The summed E-state index contributed by atoms with van der Waals surface area (Å²) in [6, 6.07) is 13.6. The van der Waals surface area contributed by atoms with E-state index in [1.165, 1.54) is 0 Å². The maximum atomic E-state index is 5.90. The molecular weight excluding hydrogens is 373 g/mol. The van der Waals surface area contributed by atoms with Crippen LogP contribution in [0.4, 0.5) is 0 Å². The van der Waals surface area contributed by atoms with Crippen LogP contribution >= 0.6 is 24.0 Å². The molecule has 0 saturated heterocycles. The molecule has 26 heavy (non-hydrogen) atoms. The van der Waals surface area contributed by atoms with Crippen molar-refractivity contribution in [3.05, 3.63) is 58.6 Å². The molecule has 0 bridgehead atoms. The molecule has 0 heterocycles.